The minimum atomic E-state index is -0.961. The number of carbonyl (C=O) groups is 2. The highest BCUT2D eigenvalue weighted by Crippen LogP contribution is 2.28. The summed E-state index contributed by atoms with van der Waals surface area (Å²) in [4.78, 5) is 46.6. The Hall–Kier alpha value is -3.90. The van der Waals surface area contributed by atoms with Gasteiger partial charge in [0.25, 0.3) is 5.91 Å². The van der Waals surface area contributed by atoms with E-state index in [0.29, 0.717) is 16.0 Å². The average molecular weight is 522 g/mol. The lowest BCUT2D eigenvalue weighted by molar-refractivity contribution is -0.141. The van der Waals surface area contributed by atoms with Gasteiger partial charge in [0, 0.05) is 15.5 Å². The number of rotatable bonds is 4. The van der Waals surface area contributed by atoms with Crippen LogP contribution in [0.15, 0.2) is 52.1 Å². The predicted molar refractivity (Wildman–Crippen MR) is 128 cm³/mol. The number of ether oxygens (including phenoxy) is 1. The van der Waals surface area contributed by atoms with Crippen LogP contribution in [0.1, 0.15) is 17.3 Å². The van der Waals surface area contributed by atoms with Gasteiger partial charge in [-0.15, -0.1) is 0 Å². The van der Waals surface area contributed by atoms with Crippen molar-refractivity contribution in [2.24, 2.45) is 0 Å². The Morgan fingerprint density at radius 2 is 1.57 bits per heavy atom. The molecule has 0 saturated heterocycles. The van der Waals surface area contributed by atoms with E-state index in [9.17, 15) is 33.1 Å². The zero-order valence-electron chi connectivity index (χ0n) is 18.0. The standard InChI is InChI=1S/C14H12FNO5S.C9H5FO2S/c1-2-21-9(17)6-16-13(19)11-12(18)10-7(15)4-3-5-8(10)22-14(11)20;10-5-2-1-3-7-9(5)6(11)4-8(12)13-7/h3-5,20H,2,6H2,1H3,(H,16,19);1-4,12H. The first kappa shape index (κ1) is 25.7. The maximum atomic E-state index is 13.8. The quantitative estimate of drug-likeness (QED) is 0.351. The predicted octanol–water partition coefficient (Wildman–Crippen LogP) is 3.51. The highest BCUT2D eigenvalue weighted by atomic mass is 32.1. The maximum absolute atomic E-state index is 13.8. The summed E-state index contributed by atoms with van der Waals surface area (Å²) in [5, 5.41) is 20.2. The van der Waals surface area contributed by atoms with Gasteiger partial charge in [-0.2, -0.15) is 0 Å². The summed E-state index contributed by atoms with van der Waals surface area (Å²) in [6.45, 7) is 1.30. The summed E-state index contributed by atoms with van der Waals surface area (Å²) >= 11 is 1.69. The topological polar surface area (TPSA) is 130 Å². The zero-order valence-corrected chi connectivity index (χ0v) is 19.6. The number of hydrogen-bond donors (Lipinski definition) is 3. The Bertz CT molecular complexity index is 1550. The van der Waals surface area contributed by atoms with Crippen molar-refractivity contribution in [3.63, 3.8) is 0 Å². The maximum Gasteiger partial charge on any atom is 0.325 e. The van der Waals surface area contributed by atoms with Gasteiger partial charge in [-0.05, 0) is 31.2 Å². The summed E-state index contributed by atoms with van der Waals surface area (Å²) in [6.07, 6.45) is 0. The van der Waals surface area contributed by atoms with Crippen molar-refractivity contribution in [2.45, 2.75) is 6.92 Å². The molecule has 2 aromatic heterocycles. The van der Waals surface area contributed by atoms with E-state index in [1.54, 1.807) is 13.0 Å². The summed E-state index contributed by atoms with van der Waals surface area (Å²) < 4.78 is 32.2. The highest BCUT2D eigenvalue weighted by Gasteiger charge is 2.21. The van der Waals surface area contributed by atoms with Gasteiger partial charge >= 0.3 is 5.97 Å². The molecule has 4 aromatic rings. The summed E-state index contributed by atoms with van der Waals surface area (Å²) in [5.74, 6) is -2.97. The van der Waals surface area contributed by atoms with Crippen LogP contribution >= 0.6 is 22.7 Å². The Morgan fingerprint density at radius 3 is 2.20 bits per heavy atom. The van der Waals surface area contributed by atoms with Gasteiger partial charge in [0.1, 0.15) is 23.7 Å². The summed E-state index contributed by atoms with van der Waals surface area (Å²) in [7, 11) is 0. The molecule has 4 rings (SSSR count). The van der Waals surface area contributed by atoms with Crippen LogP contribution in [0.2, 0.25) is 0 Å². The normalized spacial score (nSPS) is 10.5. The van der Waals surface area contributed by atoms with Crippen molar-refractivity contribution in [3.05, 3.63) is 80.1 Å². The first-order valence-electron chi connectivity index (χ1n) is 9.93. The third-order valence-electron chi connectivity index (χ3n) is 4.47. The van der Waals surface area contributed by atoms with E-state index in [2.05, 4.69) is 10.1 Å². The van der Waals surface area contributed by atoms with Crippen LogP contribution in [-0.4, -0.2) is 35.2 Å². The number of halogens is 2. The number of benzene rings is 2. The van der Waals surface area contributed by atoms with Crippen molar-refractivity contribution in [1.29, 1.82) is 0 Å². The molecule has 0 unspecified atom stereocenters. The monoisotopic (exact) mass is 521 g/mol. The Kier molecular flexibility index (Phi) is 8.10. The first-order chi connectivity index (χ1) is 16.6. The molecule has 3 N–H and O–H groups in total. The van der Waals surface area contributed by atoms with E-state index >= 15 is 0 Å². The number of aromatic hydroxyl groups is 2. The second-order valence-corrected chi connectivity index (χ2v) is 8.87. The van der Waals surface area contributed by atoms with E-state index in [0.717, 1.165) is 23.5 Å². The van der Waals surface area contributed by atoms with Gasteiger partial charge in [0.05, 0.1) is 17.4 Å². The number of esters is 1. The minimum absolute atomic E-state index is 0.0466. The Morgan fingerprint density at radius 1 is 0.971 bits per heavy atom. The van der Waals surface area contributed by atoms with Crippen molar-refractivity contribution in [3.8, 4) is 10.1 Å². The molecular formula is C23H17F2NO7S2. The second kappa shape index (κ2) is 11.0. The number of hydrogen-bond acceptors (Lipinski definition) is 9. The molecule has 8 nitrogen and oxygen atoms in total. The van der Waals surface area contributed by atoms with E-state index in [-0.39, 0.29) is 27.1 Å². The molecule has 0 spiro atoms. The molecule has 2 aromatic carbocycles. The van der Waals surface area contributed by atoms with Crippen molar-refractivity contribution < 1.29 is 33.3 Å². The number of nitrogens with one attached hydrogen (secondary N) is 1. The molecule has 0 bridgehead atoms. The number of amides is 1. The number of fused-ring (bicyclic) bond motifs is 2. The molecule has 0 aliphatic carbocycles. The molecule has 1 amide bonds. The van der Waals surface area contributed by atoms with E-state index in [4.69, 9.17) is 5.11 Å². The van der Waals surface area contributed by atoms with Crippen LogP contribution in [0.3, 0.4) is 0 Å². The SMILES string of the molecule is CCOC(=O)CNC(=O)c1c(O)sc2cccc(F)c2c1=O.O=c1cc(O)sc2cccc(F)c12. The van der Waals surface area contributed by atoms with Crippen molar-refractivity contribution >= 4 is 54.7 Å². The zero-order chi connectivity index (χ0) is 25.7. The third-order valence-corrected chi connectivity index (χ3v) is 6.31. The van der Waals surface area contributed by atoms with Gasteiger partial charge in [0.15, 0.2) is 15.6 Å². The molecule has 0 aliphatic heterocycles. The van der Waals surface area contributed by atoms with Crippen LogP contribution < -0.4 is 16.2 Å². The van der Waals surface area contributed by atoms with Gasteiger partial charge in [-0.1, -0.05) is 34.8 Å². The lowest BCUT2D eigenvalue weighted by atomic mass is 10.2. The molecule has 2 heterocycles. The molecule has 0 saturated carbocycles. The molecule has 0 atom stereocenters. The van der Waals surface area contributed by atoms with Crippen LogP contribution in [0.5, 0.6) is 10.1 Å². The van der Waals surface area contributed by atoms with Crippen LogP contribution in [0, 0.1) is 11.6 Å². The van der Waals surface area contributed by atoms with Crippen molar-refractivity contribution in [1.82, 2.24) is 5.32 Å². The summed E-state index contributed by atoms with van der Waals surface area (Å²) in [6, 6.07) is 9.31. The highest BCUT2D eigenvalue weighted by molar-refractivity contribution is 7.20. The molecule has 35 heavy (non-hydrogen) atoms. The van der Waals surface area contributed by atoms with E-state index in [1.807, 2.05) is 0 Å². The fourth-order valence-corrected chi connectivity index (χ4v) is 4.77. The van der Waals surface area contributed by atoms with Crippen molar-refractivity contribution in [2.75, 3.05) is 13.2 Å². The van der Waals surface area contributed by atoms with Crippen LogP contribution in [0.25, 0.3) is 20.2 Å². The van der Waals surface area contributed by atoms with E-state index in [1.165, 1.54) is 24.3 Å². The first-order valence-corrected chi connectivity index (χ1v) is 11.6. The van der Waals surface area contributed by atoms with E-state index < -0.39 is 51.5 Å². The minimum Gasteiger partial charge on any atom is -0.499 e. The van der Waals surface area contributed by atoms with Gasteiger partial charge in [-0.3, -0.25) is 19.2 Å². The molecule has 0 aliphatic rings. The molecule has 182 valence electrons. The molecule has 0 radical (unpaired) electrons. The van der Waals surface area contributed by atoms with Gasteiger partial charge in [-0.25, -0.2) is 8.78 Å². The lowest BCUT2D eigenvalue weighted by Gasteiger charge is -2.07. The molecule has 12 heteroatoms. The van der Waals surface area contributed by atoms with Crippen LogP contribution in [-0.2, 0) is 9.53 Å². The number of carbonyl (C=O) groups excluding carboxylic acids is 2. The van der Waals surface area contributed by atoms with Gasteiger partial charge in [0.2, 0.25) is 5.43 Å². The summed E-state index contributed by atoms with van der Waals surface area (Å²) in [5.41, 5.74) is -2.00. The largest absolute Gasteiger partial charge is 0.499 e. The molecule has 0 fully saturated rings. The third kappa shape index (κ3) is 5.78. The van der Waals surface area contributed by atoms with Crippen LogP contribution in [0.4, 0.5) is 8.78 Å². The Labute approximate surface area is 203 Å². The fourth-order valence-electron chi connectivity index (χ4n) is 3.00. The fraction of sp³-hybridized carbons (Fsp3) is 0.130. The van der Waals surface area contributed by atoms with Gasteiger partial charge < -0.3 is 20.3 Å². The smallest absolute Gasteiger partial charge is 0.325 e. The lowest BCUT2D eigenvalue weighted by Crippen LogP contribution is -2.33. The average Bonchev–Trinajstić information content (AvgIpc) is 2.78. The second-order valence-electron chi connectivity index (χ2n) is 6.77. The molecular weight excluding hydrogens is 504 g/mol. The Balaban J connectivity index is 0.000000223.